The molecule has 1 fully saturated rings. The SMILES string of the molecule is CC.Cc1c(-c2ccc(F)cc2)nc2sc(N3CCN(C(=O)OC(C)(C)C)C(C)C3)nn12. The van der Waals surface area contributed by atoms with Crippen LogP contribution in [0.15, 0.2) is 24.3 Å². The molecule has 0 saturated carbocycles. The highest BCUT2D eigenvalue weighted by atomic mass is 32.1. The fourth-order valence-corrected chi connectivity index (χ4v) is 4.55. The van der Waals surface area contributed by atoms with Gasteiger partial charge in [0.25, 0.3) is 0 Å². The van der Waals surface area contributed by atoms with Gasteiger partial charge in [0.2, 0.25) is 10.1 Å². The lowest BCUT2D eigenvalue weighted by molar-refractivity contribution is 0.0159. The van der Waals surface area contributed by atoms with Crippen molar-refractivity contribution in [2.24, 2.45) is 0 Å². The van der Waals surface area contributed by atoms with Crippen LogP contribution in [0.2, 0.25) is 0 Å². The van der Waals surface area contributed by atoms with E-state index in [0.717, 1.165) is 27.0 Å². The fourth-order valence-electron chi connectivity index (χ4n) is 3.57. The third-order valence-electron chi connectivity index (χ3n) is 5.06. The second-order valence-electron chi connectivity index (χ2n) is 8.60. The average Bonchev–Trinajstić information content (AvgIpc) is 3.28. The topological polar surface area (TPSA) is 63.0 Å². The van der Waals surface area contributed by atoms with Gasteiger partial charge >= 0.3 is 6.09 Å². The maximum absolute atomic E-state index is 13.2. The zero-order valence-electron chi connectivity index (χ0n) is 19.8. The van der Waals surface area contributed by atoms with E-state index in [1.165, 1.54) is 23.5 Å². The van der Waals surface area contributed by atoms with E-state index in [1.807, 2.05) is 53.0 Å². The van der Waals surface area contributed by atoms with Crippen molar-refractivity contribution in [1.29, 1.82) is 0 Å². The predicted octanol–water partition coefficient (Wildman–Crippen LogP) is 5.38. The zero-order valence-corrected chi connectivity index (χ0v) is 20.7. The molecule has 1 aliphatic rings. The zero-order chi connectivity index (χ0) is 23.6. The van der Waals surface area contributed by atoms with E-state index >= 15 is 0 Å². The van der Waals surface area contributed by atoms with Gasteiger partial charge in [0.15, 0.2) is 0 Å². The van der Waals surface area contributed by atoms with E-state index < -0.39 is 5.60 Å². The van der Waals surface area contributed by atoms with E-state index in [4.69, 9.17) is 14.8 Å². The van der Waals surface area contributed by atoms with E-state index in [2.05, 4.69) is 4.90 Å². The van der Waals surface area contributed by atoms with Gasteiger partial charge in [-0.25, -0.2) is 18.7 Å². The molecule has 0 radical (unpaired) electrons. The summed E-state index contributed by atoms with van der Waals surface area (Å²) in [7, 11) is 0. The Labute approximate surface area is 192 Å². The maximum atomic E-state index is 13.2. The fraction of sp³-hybridized carbons (Fsp3) is 0.522. The van der Waals surface area contributed by atoms with Gasteiger partial charge in [-0.15, -0.1) is 5.10 Å². The lowest BCUT2D eigenvalue weighted by Gasteiger charge is -2.39. The van der Waals surface area contributed by atoms with Crippen LogP contribution >= 0.6 is 11.3 Å². The number of fused-ring (bicyclic) bond motifs is 1. The Balaban J connectivity index is 0.00000141. The van der Waals surface area contributed by atoms with E-state index in [1.54, 1.807) is 17.0 Å². The van der Waals surface area contributed by atoms with Crippen molar-refractivity contribution < 1.29 is 13.9 Å². The van der Waals surface area contributed by atoms with Gasteiger partial charge in [0.05, 0.1) is 11.4 Å². The molecule has 32 heavy (non-hydrogen) atoms. The third kappa shape index (κ3) is 5.03. The number of carbonyl (C=O) groups excluding carboxylic acids is 1. The number of nitrogens with zero attached hydrogens (tertiary/aromatic N) is 5. The highest BCUT2D eigenvalue weighted by molar-refractivity contribution is 7.20. The average molecular weight is 462 g/mol. The first-order valence-corrected chi connectivity index (χ1v) is 11.8. The molecule has 9 heteroatoms. The number of hydrogen-bond donors (Lipinski definition) is 0. The Hall–Kier alpha value is -2.68. The van der Waals surface area contributed by atoms with Crippen LogP contribution in [-0.4, -0.2) is 56.9 Å². The quantitative estimate of drug-likeness (QED) is 0.513. The Bertz CT molecular complexity index is 1070. The summed E-state index contributed by atoms with van der Waals surface area (Å²) in [5, 5.41) is 5.63. The van der Waals surface area contributed by atoms with Crippen molar-refractivity contribution in [2.75, 3.05) is 24.5 Å². The van der Waals surface area contributed by atoms with Crippen LogP contribution in [0.25, 0.3) is 16.2 Å². The molecule has 1 aliphatic heterocycles. The molecule has 1 saturated heterocycles. The summed E-state index contributed by atoms with van der Waals surface area (Å²) in [6.45, 7) is 15.6. The largest absolute Gasteiger partial charge is 0.444 e. The molecule has 0 bridgehead atoms. The number of imidazole rings is 1. The summed E-state index contributed by atoms with van der Waals surface area (Å²) in [5.41, 5.74) is 2.09. The van der Waals surface area contributed by atoms with Crippen molar-refractivity contribution >= 4 is 27.5 Å². The monoisotopic (exact) mass is 461 g/mol. The van der Waals surface area contributed by atoms with Gasteiger partial charge in [-0.3, -0.25) is 0 Å². The lowest BCUT2D eigenvalue weighted by atomic mass is 10.1. The predicted molar refractivity (Wildman–Crippen MR) is 127 cm³/mol. The molecule has 0 N–H and O–H groups in total. The van der Waals surface area contributed by atoms with Crippen molar-refractivity contribution in [3.05, 3.63) is 35.8 Å². The van der Waals surface area contributed by atoms with Gasteiger partial charge < -0.3 is 14.5 Å². The molecular formula is C23H32FN5O2S. The van der Waals surface area contributed by atoms with Crippen molar-refractivity contribution in [1.82, 2.24) is 19.5 Å². The lowest BCUT2D eigenvalue weighted by Crippen LogP contribution is -2.55. The number of rotatable bonds is 2. The summed E-state index contributed by atoms with van der Waals surface area (Å²) >= 11 is 1.52. The Morgan fingerprint density at radius 2 is 1.84 bits per heavy atom. The number of benzene rings is 1. The molecule has 1 unspecified atom stereocenters. The summed E-state index contributed by atoms with van der Waals surface area (Å²) in [6, 6.07) is 6.35. The molecule has 3 heterocycles. The minimum absolute atomic E-state index is 0.0145. The van der Waals surface area contributed by atoms with Crippen LogP contribution in [0, 0.1) is 12.7 Å². The summed E-state index contributed by atoms with van der Waals surface area (Å²) in [4.78, 5) is 21.9. The number of piperazine rings is 1. The molecule has 3 aromatic rings. The number of carbonyl (C=O) groups is 1. The number of aromatic nitrogens is 3. The molecule has 2 aromatic heterocycles. The smallest absolute Gasteiger partial charge is 0.410 e. The first-order chi connectivity index (χ1) is 15.1. The van der Waals surface area contributed by atoms with Crippen molar-refractivity contribution in [2.45, 2.75) is 60.1 Å². The van der Waals surface area contributed by atoms with Crippen molar-refractivity contribution in [3.63, 3.8) is 0 Å². The number of aryl methyl sites for hydroxylation is 1. The summed E-state index contributed by atoms with van der Waals surface area (Å²) in [5.74, 6) is -0.266. The summed E-state index contributed by atoms with van der Waals surface area (Å²) in [6.07, 6.45) is -0.275. The Morgan fingerprint density at radius 3 is 2.41 bits per heavy atom. The van der Waals surface area contributed by atoms with Crippen LogP contribution in [0.4, 0.5) is 14.3 Å². The second kappa shape index (κ2) is 9.44. The van der Waals surface area contributed by atoms with Gasteiger partial charge in [-0.2, -0.15) is 0 Å². The Morgan fingerprint density at radius 1 is 1.19 bits per heavy atom. The van der Waals surface area contributed by atoms with Crippen LogP contribution in [0.3, 0.4) is 0 Å². The second-order valence-corrected chi connectivity index (χ2v) is 9.53. The number of ether oxygens (including phenoxy) is 1. The normalized spacial score (nSPS) is 16.7. The number of amides is 1. The molecule has 1 amide bonds. The molecule has 174 valence electrons. The van der Waals surface area contributed by atoms with Crippen molar-refractivity contribution in [3.8, 4) is 11.3 Å². The van der Waals surface area contributed by atoms with E-state index in [9.17, 15) is 9.18 Å². The van der Waals surface area contributed by atoms with Gasteiger partial charge in [0, 0.05) is 31.2 Å². The van der Waals surface area contributed by atoms with Crippen LogP contribution < -0.4 is 4.90 Å². The van der Waals surface area contributed by atoms with E-state index in [-0.39, 0.29) is 18.0 Å². The number of hydrogen-bond acceptors (Lipinski definition) is 6. The standard InChI is InChI=1S/C21H26FN5O2S.C2H6/c1-13-12-25(10-11-26(13)20(28)29-21(3,4)5)19-24-27-14(2)17(23-18(27)30-19)15-6-8-16(22)9-7-15;1-2/h6-9,13H,10-12H2,1-5H3;1-2H3. The maximum Gasteiger partial charge on any atom is 0.410 e. The highest BCUT2D eigenvalue weighted by Gasteiger charge is 2.32. The third-order valence-corrected chi connectivity index (χ3v) is 6.03. The van der Waals surface area contributed by atoms with Crippen LogP contribution in [0.5, 0.6) is 0 Å². The van der Waals surface area contributed by atoms with Crippen LogP contribution in [-0.2, 0) is 4.74 Å². The molecule has 7 nitrogen and oxygen atoms in total. The molecule has 0 spiro atoms. The van der Waals surface area contributed by atoms with Gasteiger partial charge in [-0.05, 0) is 58.9 Å². The molecule has 1 atom stereocenters. The van der Waals surface area contributed by atoms with E-state index in [0.29, 0.717) is 19.6 Å². The number of anilines is 1. The van der Waals surface area contributed by atoms with Gasteiger partial charge in [0.1, 0.15) is 11.4 Å². The molecule has 1 aromatic carbocycles. The minimum atomic E-state index is -0.506. The minimum Gasteiger partial charge on any atom is -0.444 e. The highest BCUT2D eigenvalue weighted by Crippen LogP contribution is 2.31. The van der Waals surface area contributed by atoms with Gasteiger partial charge in [-0.1, -0.05) is 25.2 Å². The van der Waals surface area contributed by atoms with Crippen LogP contribution in [0.1, 0.15) is 47.2 Å². The number of halogens is 1. The first-order valence-electron chi connectivity index (χ1n) is 11.0. The first kappa shape index (κ1) is 24.0. The Kier molecular flexibility index (Phi) is 7.07. The molecule has 0 aliphatic carbocycles. The molecule has 4 rings (SSSR count). The molecular weight excluding hydrogens is 429 g/mol. The summed E-state index contributed by atoms with van der Waals surface area (Å²) < 4.78 is 20.6.